The average Bonchev–Trinajstić information content (AvgIpc) is 2.88. The van der Waals surface area contributed by atoms with E-state index in [1.54, 1.807) is 0 Å². The molecule has 36 heavy (non-hydrogen) atoms. The molecule has 0 aliphatic heterocycles. The third-order valence-electron chi connectivity index (χ3n) is 5.53. The number of rotatable bonds is 11. The molecule has 0 saturated carbocycles. The van der Waals surface area contributed by atoms with Crippen molar-refractivity contribution in [2.45, 2.75) is 33.0 Å². The lowest BCUT2D eigenvalue weighted by Crippen LogP contribution is -2.24. The summed E-state index contributed by atoms with van der Waals surface area (Å²) in [6.07, 6.45) is 1.79. The Morgan fingerprint density at radius 3 is 1.94 bits per heavy atom. The van der Waals surface area contributed by atoms with Crippen molar-refractivity contribution in [3.05, 3.63) is 135 Å². The van der Waals surface area contributed by atoms with Crippen LogP contribution in [0, 0.1) is 0 Å². The van der Waals surface area contributed by atoms with Gasteiger partial charge in [0.1, 0.15) is 24.7 Å². The molecular formula is C30H27NO5. The Kier molecular flexibility index (Phi) is 8.08. The summed E-state index contributed by atoms with van der Waals surface area (Å²) in [6.45, 7) is 1.95. The van der Waals surface area contributed by atoms with Crippen molar-refractivity contribution < 1.29 is 19.2 Å². The van der Waals surface area contributed by atoms with Crippen LogP contribution < -0.4 is 15.0 Å². The van der Waals surface area contributed by atoms with Crippen molar-refractivity contribution in [1.29, 1.82) is 0 Å². The van der Waals surface area contributed by atoms with Crippen LogP contribution in [0.1, 0.15) is 39.7 Å². The fourth-order valence-electron chi connectivity index (χ4n) is 3.78. The zero-order chi connectivity index (χ0) is 25.3. The van der Waals surface area contributed by atoms with Gasteiger partial charge in [0, 0.05) is 18.9 Å². The van der Waals surface area contributed by atoms with Crippen LogP contribution in [0.25, 0.3) is 0 Å². The molecule has 0 N–H and O–H groups in total. The van der Waals surface area contributed by atoms with Gasteiger partial charge in [-0.3, -0.25) is 14.4 Å². The van der Waals surface area contributed by atoms with Crippen molar-refractivity contribution in [1.82, 2.24) is 4.73 Å². The Bertz CT molecular complexity index is 1390. The number of carbonyl (C=O) groups excluding carboxylic acids is 2. The minimum atomic E-state index is -0.404. The van der Waals surface area contributed by atoms with Gasteiger partial charge in [0.2, 0.25) is 5.43 Å². The number of aromatic nitrogens is 1. The van der Waals surface area contributed by atoms with Crippen molar-refractivity contribution in [2.24, 2.45) is 0 Å². The maximum absolute atomic E-state index is 13.3. The summed E-state index contributed by atoms with van der Waals surface area (Å²) in [5, 5.41) is 0. The number of benzene rings is 3. The number of pyridine rings is 1. The molecule has 0 aliphatic rings. The Morgan fingerprint density at radius 1 is 0.722 bits per heavy atom. The van der Waals surface area contributed by atoms with Gasteiger partial charge >= 0.3 is 0 Å². The number of nitrogens with zero attached hydrogens (tertiary/aromatic N) is 1. The Morgan fingerprint density at radius 2 is 1.31 bits per heavy atom. The second-order valence-corrected chi connectivity index (χ2v) is 8.54. The summed E-state index contributed by atoms with van der Waals surface area (Å²) in [6, 6.07) is 27.6. The van der Waals surface area contributed by atoms with E-state index in [2.05, 4.69) is 0 Å². The largest absolute Gasteiger partial charge is 0.483 e. The minimum Gasteiger partial charge on any atom is -0.483 e. The minimum absolute atomic E-state index is 0.0488. The molecule has 0 unspecified atom stereocenters. The van der Waals surface area contributed by atoms with Crippen LogP contribution in [-0.4, -0.2) is 16.3 Å². The van der Waals surface area contributed by atoms with E-state index >= 15 is 0 Å². The van der Waals surface area contributed by atoms with Gasteiger partial charge in [-0.15, -0.1) is 0 Å². The third kappa shape index (κ3) is 6.79. The second kappa shape index (κ2) is 11.8. The summed E-state index contributed by atoms with van der Waals surface area (Å²) in [5.74, 6) is -0.144. The van der Waals surface area contributed by atoms with E-state index in [-0.39, 0.29) is 42.6 Å². The normalized spacial score (nSPS) is 10.6. The predicted octanol–water partition coefficient (Wildman–Crippen LogP) is 4.61. The lowest BCUT2D eigenvalue weighted by atomic mass is 10.0. The Labute approximate surface area is 209 Å². The van der Waals surface area contributed by atoms with Crippen LogP contribution >= 0.6 is 0 Å². The zero-order valence-corrected chi connectivity index (χ0v) is 20.1. The highest BCUT2D eigenvalue weighted by atomic mass is 16.7. The van der Waals surface area contributed by atoms with Crippen LogP contribution in [0.3, 0.4) is 0 Å². The van der Waals surface area contributed by atoms with Crippen LogP contribution in [0.2, 0.25) is 0 Å². The molecule has 4 aromatic rings. The number of carbonyl (C=O) groups is 2. The summed E-state index contributed by atoms with van der Waals surface area (Å²) >= 11 is 0. The van der Waals surface area contributed by atoms with Gasteiger partial charge in [-0.1, -0.05) is 84.9 Å². The van der Waals surface area contributed by atoms with Crippen LogP contribution in [0.4, 0.5) is 0 Å². The predicted molar refractivity (Wildman–Crippen MR) is 137 cm³/mol. The molecule has 1 heterocycles. The van der Waals surface area contributed by atoms with Gasteiger partial charge in [-0.2, -0.15) is 4.73 Å². The number of hydrogen-bond acceptors (Lipinski definition) is 5. The number of hydrogen-bond donors (Lipinski definition) is 0. The molecule has 0 amide bonds. The monoisotopic (exact) mass is 481 g/mol. The van der Waals surface area contributed by atoms with E-state index in [0.29, 0.717) is 6.42 Å². The maximum atomic E-state index is 13.3. The molecule has 182 valence electrons. The Balaban J connectivity index is 1.59. The molecule has 0 fully saturated rings. The molecule has 0 saturated heterocycles. The summed E-state index contributed by atoms with van der Waals surface area (Å²) in [4.78, 5) is 43.5. The highest BCUT2D eigenvalue weighted by Crippen LogP contribution is 2.14. The standard InChI is InChI=1S/C30H27NO5/c1-22(32)15-25-13-8-14-26(16-25)17-28(33)27-18-29(34)30(35-20-23-9-4-2-5-10-23)19-31(27)36-21-24-11-6-3-7-12-24/h2-14,16,18-19H,15,17,20-21H2,1H3. The quantitative estimate of drug-likeness (QED) is 0.293. The molecule has 3 aromatic carbocycles. The van der Waals surface area contributed by atoms with Gasteiger partial charge in [-0.05, 0) is 29.2 Å². The lowest BCUT2D eigenvalue weighted by molar-refractivity contribution is -0.116. The second-order valence-electron chi connectivity index (χ2n) is 8.54. The smallest absolute Gasteiger partial charge is 0.224 e. The van der Waals surface area contributed by atoms with E-state index < -0.39 is 5.43 Å². The molecule has 0 bridgehead atoms. The third-order valence-corrected chi connectivity index (χ3v) is 5.53. The highest BCUT2D eigenvalue weighted by molar-refractivity contribution is 5.96. The molecular weight excluding hydrogens is 454 g/mol. The zero-order valence-electron chi connectivity index (χ0n) is 20.1. The molecule has 1 aromatic heterocycles. The molecule has 0 aliphatic carbocycles. The van der Waals surface area contributed by atoms with E-state index in [0.717, 1.165) is 22.3 Å². The molecule has 0 atom stereocenters. The van der Waals surface area contributed by atoms with Crippen LogP contribution in [0.15, 0.2) is 102 Å². The van der Waals surface area contributed by atoms with Gasteiger partial charge in [0.05, 0.1) is 6.20 Å². The highest BCUT2D eigenvalue weighted by Gasteiger charge is 2.17. The van der Waals surface area contributed by atoms with Gasteiger partial charge in [-0.25, -0.2) is 0 Å². The van der Waals surface area contributed by atoms with E-state index in [1.807, 2.05) is 84.9 Å². The summed E-state index contributed by atoms with van der Waals surface area (Å²) in [5.41, 5.74) is 3.15. The number of ether oxygens (including phenoxy) is 1. The van der Waals surface area contributed by atoms with Crippen molar-refractivity contribution >= 4 is 11.6 Å². The molecule has 6 heteroatoms. The average molecular weight is 482 g/mol. The van der Waals surface area contributed by atoms with E-state index in [1.165, 1.54) is 23.9 Å². The van der Waals surface area contributed by atoms with Gasteiger partial charge in [0.25, 0.3) is 0 Å². The molecule has 0 spiro atoms. The first-order valence-corrected chi connectivity index (χ1v) is 11.7. The first kappa shape index (κ1) is 24.7. The van der Waals surface area contributed by atoms with Crippen molar-refractivity contribution in [3.8, 4) is 5.75 Å². The van der Waals surface area contributed by atoms with Gasteiger partial charge < -0.3 is 9.57 Å². The SMILES string of the molecule is CC(=O)Cc1cccc(CC(=O)c2cc(=O)c(OCc3ccccc3)cn2OCc2ccccc2)c1. The number of Topliss-reactive ketones (excluding diaryl/α,β-unsaturated/α-hetero) is 2. The first-order chi connectivity index (χ1) is 17.5. The van der Waals surface area contributed by atoms with E-state index in [9.17, 15) is 14.4 Å². The first-order valence-electron chi connectivity index (χ1n) is 11.7. The maximum Gasteiger partial charge on any atom is 0.224 e. The lowest BCUT2D eigenvalue weighted by Gasteiger charge is -2.16. The van der Waals surface area contributed by atoms with Crippen LogP contribution in [0.5, 0.6) is 5.75 Å². The van der Waals surface area contributed by atoms with Crippen LogP contribution in [-0.2, 0) is 30.8 Å². The summed E-state index contributed by atoms with van der Waals surface area (Å²) < 4.78 is 7.08. The molecule has 4 rings (SSSR count). The summed E-state index contributed by atoms with van der Waals surface area (Å²) in [7, 11) is 0. The Hall–Kier alpha value is -4.45. The molecule has 0 radical (unpaired) electrons. The fraction of sp³-hybridized carbons (Fsp3) is 0.167. The van der Waals surface area contributed by atoms with Gasteiger partial charge in [0.15, 0.2) is 11.5 Å². The van der Waals surface area contributed by atoms with Crippen molar-refractivity contribution in [2.75, 3.05) is 0 Å². The fourth-order valence-corrected chi connectivity index (χ4v) is 3.78. The number of ketones is 2. The molecule has 6 nitrogen and oxygen atoms in total. The van der Waals surface area contributed by atoms with E-state index in [4.69, 9.17) is 9.57 Å². The topological polar surface area (TPSA) is 74.6 Å². The van der Waals surface area contributed by atoms with Crippen molar-refractivity contribution in [3.63, 3.8) is 0 Å².